The van der Waals surface area contributed by atoms with Crippen molar-refractivity contribution in [2.75, 3.05) is 13.1 Å². The first-order valence-electron chi connectivity index (χ1n) is 5.83. The fourth-order valence-corrected chi connectivity index (χ4v) is 2.27. The summed E-state index contributed by atoms with van der Waals surface area (Å²) in [6, 6.07) is 2.15. The molecule has 2 N–H and O–H groups in total. The molecule has 0 amide bonds. The number of nitrogens with two attached hydrogens (primary N) is 1. The molecule has 1 rings (SSSR count). The molecule has 0 aromatic carbocycles. The normalized spacial score (nSPS) is 24.7. The van der Waals surface area contributed by atoms with Crippen molar-refractivity contribution >= 4 is 0 Å². The molecule has 3 nitrogen and oxygen atoms in total. The summed E-state index contributed by atoms with van der Waals surface area (Å²) in [7, 11) is 0. The summed E-state index contributed by atoms with van der Waals surface area (Å²) in [5.41, 5.74) is 5.48. The monoisotopic (exact) mass is 209 g/mol. The Kier molecular flexibility index (Phi) is 3.75. The lowest BCUT2D eigenvalue weighted by molar-refractivity contribution is 0.169. The first kappa shape index (κ1) is 12.5. The van der Waals surface area contributed by atoms with Gasteiger partial charge in [0.05, 0.1) is 6.07 Å². The van der Waals surface area contributed by atoms with Gasteiger partial charge in [-0.05, 0) is 59.5 Å². The van der Waals surface area contributed by atoms with E-state index in [9.17, 15) is 0 Å². The molecule has 1 heterocycles. The number of nitrogens with zero attached hydrogens (tertiary/aromatic N) is 2. The van der Waals surface area contributed by atoms with Gasteiger partial charge in [-0.15, -0.1) is 0 Å². The molecule has 1 aliphatic rings. The van der Waals surface area contributed by atoms with Crippen molar-refractivity contribution in [3.05, 3.63) is 0 Å². The van der Waals surface area contributed by atoms with Crippen LogP contribution < -0.4 is 5.73 Å². The Hall–Kier alpha value is -0.590. The Balaban J connectivity index is 2.30. The predicted octanol–water partition coefficient (Wildman–Crippen LogP) is 1.88. The van der Waals surface area contributed by atoms with Gasteiger partial charge in [0, 0.05) is 5.54 Å². The van der Waals surface area contributed by atoms with Crippen LogP contribution in [0.1, 0.15) is 46.5 Å². The molecular weight excluding hydrogens is 186 g/mol. The summed E-state index contributed by atoms with van der Waals surface area (Å²) >= 11 is 0. The SMILES string of the molecule is CC(N)(C#N)CCCN1CCCC1(C)C. The summed E-state index contributed by atoms with van der Waals surface area (Å²) < 4.78 is 0. The Labute approximate surface area is 93.2 Å². The average molecular weight is 209 g/mol. The highest BCUT2D eigenvalue weighted by Gasteiger charge is 2.31. The Bertz CT molecular complexity index is 250. The minimum absolute atomic E-state index is 0.345. The van der Waals surface area contributed by atoms with Gasteiger partial charge in [0.1, 0.15) is 5.54 Å². The van der Waals surface area contributed by atoms with E-state index in [-0.39, 0.29) is 0 Å². The maximum Gasteiger partial charge on any atom is 0.101 e. The van der Waals surface area contributed by atoms with Crippen LogP contribution in [0.2, 0.25) is 0 Å². The van der Waals surface area contributed by atoms with E-state index in [4.69, 9.17) is 11.0 Å². The molecule has 0 saturated carbocycles. The lowest BCUT2D eigenvalue weighted by Gasteiger charge is -2.32. The predicted molar refractivity (Wildman–Crippen MR) is 62.3 cm³/mol. The van der Waals surface area contributed by atoms with Gasteiger partial charge in [0.2, 0.25) is 0 Å². The zero-order valence-corrected chi connectivity index (χ0v) is 10.2. The van der Waals surface area contributed by atoms with E-state index in [1.165, 1.54) is 19.4 Å². The van der Waals surface area contributed by atoms with Gasteiger partial charge in [-0.2, -0.15) is 5.26 Å². The van der Waals surface area contributed by atoms with E-state index in [1.54, 1.807) is 0 Å². The largest absolute Gasteiger partial charge is 0.314 e. The minimum Gasteiger partial charge on any atom is -0.314 e. The fourth-order valence-electron chi connectivity index (χ4n) is 2.27. The summed E-state index contributed by atoms with van der Waals surface area (Å²) in [6.07, 6.45) is 4.39. The third-order valence-electron chi connectivity index (χ3n) is 3.45. The average Bonchev–Trinajstić information content (AvgIpc) is 2.46. The van der Waals surface area contributed by atoms with Gasteiger partial charge < -0.3 is 5.73 Å². The molecule has 86 valence electrons. The highest BCUT2D eigenvalue weighted by Crippen LogP contribution is 2.28. The number of nitriles is 1. The topological polar surface area (TPSA) is 53.1 Å². The van der Waals surface area contributed by atoms with E-state index in [1.807, 2.05) is 6.92 Å². The van der Waals surface area contributed by atoms with Crippen LogP contribution in [0.25, 0.3) is 0 Å². The number of hydrogen-bond donors (Lipinski definition) is 1. The van der Waals surface area contributed by atoms with Crippen molar-refractivity contribution in [3.63, 3.8) is 0 Å². The summed E-state index contributed by atoms with van der Waals surface area (Å²) in [4.78, 5) is 2.51. The Morgan fingerprint density at radius 3 is 2.67 bits per heavy atom. The third kappa shape index (κ3) is 3.48. The first-order chi connectivity index (χ1) is 6.87. The Morgan fingerprint density at radius 2 is 2.20 bits per heavy atom. The molecule has 0 aromatic rings. The second-order valence-corrected chi connectivity index (χ2v) is 5.54. The highest BCUT2D eigenvalue weighted by molar-refractivity contribution is 5.00. The molecule has 1 atom stereocenters. The van der Waals surface area contributed by atoms with Gasteiger partial charge in [0.15, 0.2) is 0 Å². The second-order valence-electron chi connectivity index (χ2n) is 5.54. The molecule has 0 bridgehead atoms. The van der Waals surface area contributed by atoms with Crippen molar-refractivity contribution in [1.82, 2.24) is 4.90 Å². The second kappa shape index (κ2) is 4.51. The maximum absolute atomic E-state index is 8.80. The Morgan fingerprint density at radius 1 is 1.53 bits per heavy atom. The quantitative estimate of drug-likeness (QED) is 0.769. The van der Waals surface area contributed by atoms with Crippen molar-refractivity contribution in [2.45, 2.75) is 57.5 Å². The number of hydrogen-bond acceptors (Lipinski definition) is 3. The zero-order chi connectivity index (χ0) is 11.5. The standard InChI is InChI=1S/C12H23N3/c1-11(2)6-4-8-15(11)9-5-7-12(3,14)10-13/h4-9,14H2,1-3H3. The van der Waals surface area contributed by atoms with E-state index >= 15 is 0 Å². The fraction of sp³-hybridized carbons (Fsp3) is 0.917. The van der Waals surface area contributed by atoms with Gasteiger partial charge in [-0.25, -0.2) is 0 Å². The van der Waals surface area contributed by atoms with Crippen LogP contribution >= 0.6 is 0 Å². The maximum atomic E-state index is 8.80. The molecule has 1 aliphatic heterocycles. The number of likely N-dealkylation sites (tertiary alicyclic amines) is 1. The highest BCUT2D eigenvalue weighted by atomic mass is 15.2. The molecule has 3 heteroatoms. The third-order valence-corrected chi connectivity index (χ3v) is 3.45. The molecular formula is C12H23N3. The van der Waals surface area contributed by atoms with Crippen molar-refractivity contribution in [1.29, 1.82) is 5.26 Å². The zero-order valence-electron chi connectivity index (χ0n) is 10.2. The summed E-state index contributed by atoms with van der Waals surface area (Å²) in [5, 5.41) is 8.80. The van der Waals surface area contributed by atoms with Crippen molar-refractivity contribution in [2.24, 2.45) is 5.73 Å². The lowest BCUT2D eigenvalue weighted by Crippen LogP contribution is -2.40. The van der Waals surface area contributed by atoms with E-state index < -0.39 is 5.54 Å². The molecule has 1 saturated heterocycles. The molecule has 15 heavy (non-hydrogen) atoms. The van der Waals surface area contributed by atoms with Gasteiger partial charge >= 0.3 is 0 Å². The number of rotatable bonds is 4. The van der Waals surface area contributed by atoms with E-state index in [2.05, 4.69) is 24.8 Å². The molecule has 0 aliphatic carbocycles. The summed E-state index contributed by atoms with van der Waals surface area (Å²) in [6.45, 7) is 8.67. The van der Waals surface area contributed by atoms with Crippen molar-refractivity contribution < 1.29 is 0 Å². The van der Waals surface area contributed by atoms with E-state index in [0.717, 1.165) is 19.4 Å². The van der Waals surface area contributed by atoms with Crippen LogP contribution in [-0.4, -0.2) is 29.1 Å². The van der Waals surface area contributed by atoms with Crippen LogP contribution in [-0.2, 0) is 0 Å². The molecule has 0 radical (unpaired) electrons. The lowest BCUT2D eigenvalue weighted by atomic mass is 9.98. The van der Waals surface area contributed by atoms with Gasteiger partial charge in [-0.1, -0.05) is 0 Å². The van der Waals surface area contributed by atoms with Crippen LogP contribution in [0.4, 0.5) is 0 Å². The van der Waals surface area contributed by atoms with Crippen LogP contribution in [0.3, 0.4) is 0 Å². The van der Waals surface area contributed by atoms with Gasteiger partial charge in [-0.3, -0.25) is 4.90 Å². The van der Waals surface area contributed by atoms with Crippen LogP contribution in [0.5, 0.6) is 0 Å². The minimum atomic E-state index is -0.649. The van der Waals surface area contributed by atoms with Crippen LogP contribution in [0.15, 0.2) is 0 Å². The van der Waals surface area contributed by atoms with Gasteiger partial charge in [0.25, 0.3) is 0 Å². The molecule has 1 unspecified atom stereocenters. The van der Waals surface area contributed by atoms with Crippen molar-refractivity contribution in [3.8, 4) is 6.07 Å². The molecule has 1 fully saturated rings. The molecule has 0 spiro atoms. The first-order valence-corrected chi connectivity index (χ1v) is 5.83. The van der Waals surface area contributed by atoms with E-state index in [0.29, 0.717) is 5.54 Å². The summed E-state index contributed by atoms with van der Waals surface area (Å²) in [5.74, 6) is 0. The smallest absolute Gasteiger partial charge is 0.101 e. The molecule has 0 aromatic heterocycles. The van der Waals surface area contributed by atoms with Crippen LogP contribution in [0, 0.1) is 11.3 Å².